The van der Waals surface area contributed by atoms with E-state index in [1.54, 1.807) is 12.3 Å². The molecule has 0 unspecified atom stereocenters. The molecular weight excluding hydrogens is 308 g/mol. The van der Waals surface area contributed by atoms with Gasteiger partial charge in [-0.05, 0) is 18.2 Å². The van der Waals surface area contributed by atoms with Crippen molar-refractivity contribution in [2.75, 3.05) is 11.6 Å². The highest BCUT2D eigenvalue weighted by Crippen LogP contribution is 2.27. The van der Waals surface area contributed by atoms with Crippen LogP contribution in [0.1, 0.15) is 0 Å². The lowest BCUT2D eigenvalue weighted by atomic mass is 10.2. The van der Waals surface area contributed by atoms with E-state index in [9.17, 15) is 0 Å². The molecule has 3 aromatic rings. The Bertz CT molecular complexity index is 724. The van der Waals surface area contributed by atoms with Gasteiger partial charge in [0.2, 0.25) is 5.16 Å². The number of halogens is 1. The topological polar surface area (TPSA) is 74.5 Å². The second-order valence-corrected chi connectivity index (χ2v) is 5.74. The number of rotatable bonds is 5. The maximum Gasteiger partial charge on any atom is 0.210 e. The first kappa shape index (κ1) is 14.0. The Hall–Kier alpha value is -1.99. The zero-order valence-corrected chi connectivity index (χ0v) is 12.6. The van der Waals surface area contributed by atoms with Gasteiger partial charge in [-0.2, -0.15) is 5.10 Å². The molecule has 1 aromatic carbocycles. The average molecular weight is 321 g/mol. The number of benzene rings is 1. The largest absolute Gasteiger partial charge is 0.335 e. The van der Waals surface area contributed by atoms with Gasteiger partial charge in [0.05, 0.1) is 11.6 Å². The van der Waals surface area contributed by atoms with Crippen LogP contribution in [0.3, 0.4) is 0 Å². The molecule has 2 heterocycles. The van der Waals surface area contributed by atoms with E-state index in [2.05, 4.69) is 15.3 Å². The molecule has 21 heavy (non-hydrogen) atoms. The number of thioether (sulfide) groups is 1. The van der Waals surface area contributed by atoms with E-state index in [0.717, 1.165) is 17.9 Å². The zero-order valence-electron chi connectivity index (χ0n) is 11.1. The average Bonchev–Trinajstić information content (AvgIpc) is 3.11. The summed E-state index contributed by atoms with van der Waals surface area (Å²) in [5, 5.41) is 13.6. The molecule has 0 aliphatic heterocycles. The maximum absolute atomic E-state index is 6.16. The fraction of sp³-hybridized carbons (Fsp3) is 0.154. The lowest BCUT2D eigenvalue weighted by Gasteiger charge is -2.05. The number of nitrogens with two attached hydrogens (primary N) is 1. The van der Waals surface area contributed by atoms with Crippen molar-refractivity contribution in [2.24, 2.45) is 0 Å². The van der Waals surface area contributed by atoms with Gasteiger partial charge in [0.25, 0.3) is 0 Å². The molecule has 0 aliphatic carbocycles. The van der Waals surface area contributed by atoms with Crippen molar-refractivity contribution in [3.05, 3.63) is 47.7 Å². The minimum absolute atomic E-state index is 0.558. The van der Waals surface area contributed by atoms with Crippen molar-refractivity contribution < 1.29 is 0 Å². The minimum atomic E-state index is 0.558. The third-order valence-corrected chi connectivity index (χ3v) is 4.14. The Morgan fingerprint density at radius 1 is 1.19 bits per heavy atom. The first-order valence-electron chi connectivity index (χ1n) is 6.31. The summed E-state index contributed by atoms with van der Waals surface area (Å²) in [6.07, 6.45) is 3.68. The normalized spacial score (nSPS) is 10.9. The Balaban J connectivity index is 1.72. The van der Waals surface area contributed by atoms with E-state index < -0.39 is 0 Å². The molecule has 0 atom stereocenters. The van der Waals surface area contributed by atoms with Crippen LogP contribution in [0.2, 0.25) is 5.02 Å². The monoisotopic (exact) mass is 320 g/mol. The second kappa shape index (κ2) is 6.19. The molecule has 0 saturated carbocycles. The fourth-order valence-electron chi connectivity index (χ4n) is 1.86. The zero-order chi connectivity index (χ0) is 14.7. The van der Waals surface area contributed by atoms with Crippen molar-refractivity contribution in [3.8, 4) is 11.4 Å². The second-order valence-electron chi connectivity index (χ2n) is 4.27. The quantitative estimate of drug-likeness (QED) is 0.576. The van der Waals surface area contributed by atoms with Crippen LogP contribution in [0.25, 0.3) is 11.4 Å². The molecule has 0 bridgehead atoms. The molecule has 0 aliphatic rings. The highest BCUT2D eigenvalue weighted by molar-refractivity contribution is 7.99. The van der Waals surface area contributed by atoms with Gasteiger partial charge in [-0.15, -0.1) is 10.2 Å². The summed E-state index contributed by atoms with van der Waals surface area (Å²) in [5.74, 6) is 7.42. The molecule has 2 N–H and O–H groups in total. The van der Waals surface area contributed by atoms with Gasteiger partial charge >= 0.3 is 0 Å². The van der Waals surface area contributed by atoms with Crippen LogP contribution in [-0.4, -0.2) is 30.4 Å². The minimum Gasteiger partial charge on any atom is -0.335 e. The summed E-state index contributed by atoms with van der Waals surface area (Å²) in [5.41, 5.74) is 0.771. The van der Waals surface area contributed by atoms with E-state index in [1.807, 2.05) is 35.1 Å². The van der Waals surface area contributed by atoms with Crippen LogP contribution >= 0.6 is 23.4 Å². The predicted molar refractivity (Wildman–Crippen MR) is 83.6 cm³/mol. The van der Waals surface area contributed by atoms with Crippen molar-refractivity contribution in [2.45, 2.75) is 11.7 Å². The third-order valence-electron chi connectivity index (χ3n) is 2.89. The summed E-state index contributed by atoms with van der Waals surface area (Å²) in [7, 11) is 0. The lowest BCUT2D eigenvalue weighted by Crippen LogP contribution is -2.12. The van der Waals surface area contributed by atoms with E-state index in [1.165, 1.54) is 16.4 Å². The first-order chi connectivity index (χ1) is 10.3. The number of nitrogen functional groups attached to an aromatic ring is 1. The number of aryl methyl sites for hydroxylation is 1. The smallest absolute Gasteiger partial charge is 0.210 e. The molecule has 0 radical (unpaired) electrons. The number of nitrogens with zero attached hydrogens (tertiary/aromatic N) is 5. The summed E-state index contributed by atoms with van der Waals surface area (Å²) in [4.78, 5) is 0. The van der Waals surface area contributed by atoms with Gasteiger partial charge in [0.1, 0.15) is 0 Å². The fourth-order valence-corrected chi connectivity index (χ4v) is 2.87. The van der Waals surface area contributed by atoms with Crippen molar-refractivity contribution in [3.63, 3.8) is 0 Å². The van der Waals surface area contributed by atoms with Crippen LogP contribution in [0.4, 0.5) is 0 Å². The highest BCUT2D eigenvalue weighted by atomic mass is 35.5. The molecule has 0 saturated heterocycles. The van der Waals surface area contributed by atoms with E-state index in [-0.39, 0.29) is 0 Å². The van der Waals surface area contributed by atoms with Gasteiger partial charge in [-0.3, -0.25) is 4.68 Å². The molecule has 6 nitrogen and oxygen atoms in total. The Labute approximate surface area is 130 Å². The SMILES string of the molecule is Nn1c(SCCn2cccn2)nnc1-c1ccccc1Cl. The summed E-state index contributed by atoms with van der Waals surface area (Å²) >= 11 is 7.68. The van der Waals surface area contributed by atoms with Gasteiger partial charge in [0, 0.05) is 23.7 Å². The first-order valence-corrected chi connectivity index (χ1v) is 7.67. The van der Waals surface area contributed by atoms with Crippen molar-refractivity contribution in [1.82, 2.24) is 24.7 Å². The molecular formula is C13H13ClN6S. The molecule has 0 spiro atoms. The van der Waals surface area contributed by atoms with Crippen molar-refractivity contribution >= 4 is 23.4 Å². The summed E-state index contributed by atoms with van der Waals surface area (Å²) < 4.78 is 3.33. The van der Waals surface area contributed by atoms with Crippen LogP contribution in [-0.2, 0) is 6.54 Å². The molecule has 3 rings (SSSR count). The Kier molecular flexibility index (Phi) is 4.12. The Morgan fingerprint density at radius 3 is 2.81 bits per heavy atom. The molecule has 108 valence electrons. The number of hydrogen-bond donors (Lipinski definition) is 1. The van der Waals surface area contributed by atoms with Crippen LogP contribution < -0.4 is 5.84 Å². The van der Waals surface area contributed by atoms with Gasteiger partial charge in [0.15, 0.2) is 5.82 Å². The van der Waals surface area contributed by atoms with Gasteiger partial charge in [-0.1, -0.05) is 35.5 Å². The van der Waals surface area contributed by atoms with Crippen LogP contribution in [0.5, 0.6) is 0 Å². The third kappa shape index (κ3) is 3.03. The van der Waals surface area contributed by atoms with Crippen LogP contribution in [0.15, 0.2) is 47.9 Å². The van der Waals surface area contributed by atoms with E-state index >= 15 is 0 Å². The number of aromatic nitrogens is 5. The Morgan fingerprint density at radius 2 is 2.05 bits per heavy atom. The molecule has 0 amide bonds. The summed E-state index contributed by atoms with van der Waals surface area (Å²) in [6.45, 7) is 0.784. The predicted octanol–water partition coefficient (Wildman–Crippen LogP) is 2.30. The van der Waals surface area contributed by atoms with Gasteiger partial charge in [-0.25, -0.2) is 4.68 Å². The molecule has 8 heteroatoms. The molecule has 0 fully saturated rings. The highest BCUT2D eigenvalue weighted by Gasteiger charge is 2.14. The summed E-state index contributed by atoms with van der Waals surface area (Å²) in [6, 6.07) is 9.32. The lowest BCUT2D eigenvalue weighted by molar-refractivity contribution is 0.665. The standard InChI is InChI=1S/C13H13ClN6S/c14-11-5-2-1-4-10(11)12-17-18-13(20(12)15)21-9-8-19-7-3-6-16-19/h1-7H,8-9,15H2. The van der Waals surface area contributed by atoms with Crippen molar-refractivity contribution in [1.29, 1.82) is 0 Å². The van der Waals surface area contributed by atoms with E-state index in [0.29, 0.717) is 16.0 Å². The molecule has 2 aromatic heterocycles. The van der Waals surface area contributed by atoms with Crippen LogP contribution in [0, 0.1) is 0 Å². The van der Waals surface area contributed by atoms with Gasteiger partial charge < -0.3 is 5.84 Å². The maximum atomic E-state index is 6.16. The number of hydrogen-bond acceptors (Lipinski definition) is 5. The van der Waals surface area contributed by atoms with E-state index in [4.69, 9.17) is 17.4 Å².